The maximum atomic E-state index is 11.8. The molecule has 3 rings (SSSR count). The first kappa shape index (κ1) is 23.6. The predicted molar refractivity (Wildman–Crippen MR) is 128 cm³/mol. The fraction of sp³-hybridized carbons (Fsp3) is 0.440. The second kappa shape index (κ2) is 12.1. The third kappa shape index (κ3) is 7.27. The second-order valence-corrected chi connectivity index (χ2v) is 7.99. The molecule has 0 saturated carbocycles. The highest BCUT2D eigenvalue weighted by atomic mass is 16.5. The van der Waals surface area contributed by atoms with Gasteiger partial charge in [-0.1, -0.05) is 31.2 Å². The van der Waals surface area contributed by atoms with Gasteiger partial charge in [-0.3, -0.25) is 9.79 Å². The molecule has 0 aromatic heterocycles. The number of carbonyl (C=O) groups excluding carboxylic acids is 1. The lowest BCUT2D eigenvalue weighted by atomic mass is 10.1. The van der Waals surface area contributed by atoms with Crippen molar-refractivity contribution < 1.29 is 14.3 Å². The molecule has 0 radical (unpaired) electrons. The van der Waals surface area contributed by atoms with Crippen LogP contribution in [0.1, 0.15) is 42.9 Å². The topological polar surface area (TPSA) is 84.0 Å². The maximum Gasteiger partial charge on any atom is 0.224 e. The average molecular weight is 439 g/mol. The number of rotatable bonds is 9. The summed E-state index contributed by atoms with van der Waals surface area (Å²) in [6, 6.07) is 14.1. The zero-order chi connectivity index (χ0) is 22.8. The maximum absolute atomic E-state index is 11.8. The van der Waals surface area contributed by atoms with Gasteiger partial charge in [-0.15, -0.1) is 0 Å². The molecular formula is C25H34N4O3. The second-order valence-electron chi connectivity index (χ2n) is 7.99. The third-order valence-electron chi connectivity index (χ3n) is 5.22. The lowest BCUT2D eigenvalue weighted by Crippen LogP contribution is -2.36. The summed E-state index contributed by atoms with van der Waals surface area (Å²) in [6.07, 6.45) is 2.38. The van der Waals surface area contributed by atoms with Crippen molar-refractivity contribution in [2.45, 2.75) is 52.3 Å². The number of guanidine groups is 1. The fourth-order valence-corrected chi connectivity index (χ4v) is 3.50. The highest BCUT2D eigenvalue weighted by Gasteiger charge is 2.18. The first-order chi connectivity index (χ1) is 15.6. The Balaban J connectivity index is 1.55. The molecule has 7 nitrogen and oxygen atoms in total. The van der Waals surface area contributed by atoms with Crippen LogP contribution in [-0.2, 0) is 22.6 Å². The van der Waals surface area contributed by atoms with Gasteiger partial charge in [0.25, 0.3) is 0 Å². The van der Waals surface area contributed by atoms with Crippen LogP contribution in [0.3, 0.4) is 0 Å². The van der Waals surface area contributed by atoms with Crippen molar-refractivity contribution in [2.24, 2.45) is 4.99 Å². The summed E-state index contributed by atoms with van der Waals surface area (Å²) in [5.41, 5.74) is 4.10. The Bertz CT molecular complexity index is 923. The summed E-state index contributed by atoms with van der Waals surface area (Å²) < 4.78 is 11.6. The van der Waals surface area contributed by atoms with Crippen LogP contribution >= 0.6 is 0 Å². The zero-order valence-electron chi connectivity index (χ0n) is 19.2. The Morgan fingerprint density at radius 1 is 1.19 bits per heavy atom. The number of ether oxygens (including phenoxy) is 2. The minimum atomic E-state index is 0.0374. The molecule has 0 bridgehead atoms. The number of aryl methyl sites for hydroxylation is 1. The molecule has 1 unspecified atom stereocenters. The van der Waals surface area contributed by atoms with E-state index in [1.807, 2.05) is 31.2 Å². The summed E-state index contributed by atoms with van der Waals surface area (Å²) in [6.45, 7) is 6.64. The minimum absolute atomic E-state index is 0.0374. The van der Waals surface area contributed by atoms with Crippen LogP contribution in [-0.4, -0.2) is 38.2 Å². The largest absolute Gasteiger partial charge is 0.488 e. The Morgan fingerprint density at radius 3 is 2.78 bits per heavy atom. The van der Waals surface area contributed by atoms with E-state index in [9.17, 15) is 4.79 Å². The summed E-state index contributed by atoms with van der Waals surface area (Å²) in [5.74, 6) is 1.62. The van der Waals surface area contributed by atoms with Gasteiger partial charge in [-0.2, -0.15) is 0 Å². The van der Waals surface area contributed by atoms with Crippen molar-refractivity contribution in [1.29, 1.82) is 0 Å². The van der Waals surface area contributed by atoms with Gasteiger partial charge in [-0.05, 0) is 42.7 Å². The highest BCUT2D eigenvalue weighted by Crippen LogP contribution is 2.23. The Hall–Kier alpha value is -3.06. The molecule has 1 fully saturated rings. The van der Waals surface area contributed by atoms with E-state index >= 15 is 0 Å². The number of hydrogen-bond donors (Lipinski definition) is 3. The summed E-state index contributed by atoms with van der Waals surface area (Å²) in [4.78, 5) is 16.2. The van der Waals surface area contributed by atoms with Gasteiger partial charge in [-0.25, -0.2) is 0 Å². The van der Waals surface area contributed by atoms with Crippen LogP contribution < -0.4 is 20.7 Å². The van der Waals surface area contributed by atoms with E-state index in [0.717, 1.165) is 47.6 Å². The fourth-order valence-electron chi connectivity index (χ4n) is 3.50. The first-order valence-electron chi connectivity index (χ1n) is 11.2. The zero-order valence-corrected chi connectivity index (χ0v) is 19.2. The standard InChI is InChI=1S/C25H34N4O3/c1-4-6-24(30)29-21-8-5-7-19(14-21)15-27-25(26-3)28-16-20-10-9-18(2)13-23(20)32-22-11-12-31-17-22/h5,7-10,13-14,22H,4,6,11-12,15-17H2,1-3H3,(H,29,30)(H2,26,27,28). The van der Waals surface area contributed by atoms with Crippen LogP contribution in [0, 0.1) is 6.92 Å². The average Bonchev–Trinajstić information content (AvgIpc) is 3.28. The smallest absolute Gasteiger partial charge is 0.224 e. The summed E-state index contributed by atoms with van der Waals surface area (Å²) in [7, 11) is 1.75. The van der Waals surface area contributed by atoms with Crippen molar-refractivity contribution in [3.8, 4) is 5.75 Å². The number of anilines is 1. The number of benzene rings is 2. The lowest BCUT2D eigenvalue weighted by molar-refractivity contribution is -0.116. The van der Waals surface area contributed by atoms with Crippen LogP contribution in [0.2, 0.25) is 0 Å². The van der Waals surface area contributed by atoms with E-state index in [2.05, 4.69) is 46.1 Å². The van der Waals surface area contributed by atoms with Crippen molar-refractivity contribution in [1.82, 2.24) is 10.6 Å². The third-order valence-corrected chi connectivity index (χ3v) is 5.22. The molecule has 0 aliphatic carbocycles. The number of carbonyl (C=O) groups is 1. The van der Waals surface area contributed by atoms with Gasteiger partial charge in [0.05, 0.1) is 13.2 Å². The van der Waals surface area contributed by atoms with Gasteiger partial charge >= 0.3 is 0 Å². The van der Waals surface area contributed by atoms with Crippen LogP contribution in [0.5, 0.6) is 5.75 Å². The highest BCUT2D eigenvalue weighted by molar-refractivity contribution is 5.90. The van der Waals surface area contributed by atoms with Crippen molar-refractivity contribution in [2.75, 3.05) is 25.6 Å². The van der Waals surface area contributed by atoms with E-state index < -0.39 is 0 Å². The van der Waals surface area contributed by atoms with Gasteiger partial charge in [0.1, 0.15) is 11.9 Å². The number of hydrogen-bond acceptors (Lipinski definition) is 4. The van der Waals surface area contributed by atoms with Gasteiger partial charge in [0, 0.05) is 44.2 Å². The minimum Gasteiger partial charge on any atom is -0.488 e. The van der Waals surface area contributed by atoms with E-state index in [-0.39, 0.29) is 12.0 Å². The first-order valence-corrected chi connectivity index (χ1v) is 11.2. The number of nitrogens with one attached hydrogen (secondary N) is 3. The molecule has 32 heavy (non-hydrogen) atoms. The molecule has 0 spiro atoms. The molecule has 3 N–H and O–H groups in total. The molecule has 1 atom stereocenters. The Labute approximate surface area is 190 Å². The molecule has 1 amide bonds. The molecule has 7 heteroatoms. The van der Waals surface area contributed by atoms with Gasteiger partial charge < -0.3 is 25.4 Å². The van der Waals surface area contributed by atoms with Gasteiger partial charge in [0.15, 0.2) is 5.96 Å². The number of nitrogens with zero attached hydrogens (tertiary/aromatic N) is 1. The van der Waals surface area contributed by atoms with E-state index in [0.29, 0.717) is 32.1 Å². The molecule has 1 aliphatic rings. The quantitative estimate of drug-likeness (QED) is 0.410. The SMILES string of the molecule is CCCC(=O)Nc1cccc(CNC(=NC)NCc2ccc(C)cc2OC2CCOC2)c1. The van der Waals surface area contributed by atoms with Crippen LogP contribution in [0.4, 0.5) is 5.69 Å². The molecule has 1 aliphatic heterocycles. The number of amides is 1. The number of aliphatic imine (C=N–C) groups is 1. The molecule has 1 heterocycles. The van der Waals surface area contributed by atoms with Gasteiger partial charge in [0.2, 0.25) is 5.91 Å². The van der Waals surface area contributed by atoms with E-state index in [1.165, 1.54) is 0 Å². The van der Waals surface area contributed by atoms with Crippen molar-refractivity contribution in [3.05, 3.63) is 59.2 Å². The van der Waals surface area contributed by atoms with E-state index in [4.69, 9.17) is 9.47 Å². The molecule has 2 aromatic carbocycles. The molecule has 172 valence electrons. The molecule has 2 aromatic rings. The van der Waals surface area contributed by atoms with Crippen LogP contribution in [0.15, 0.2) is 47.5 Å². The molecule has 1 saturated heterocycles. The molecular weight excluding hydrogens is 404 g/mol. The summed E-state index contributed by atoms with van der Waals surface area (Å²) in [5, 5.41) is 9.63. The Kier molecular flexibility index (Phi) is 8.92. The Morgan fingerprint density at radius 2 is 2.03 bits per heavy atom. The van der Waals surface area contributed by atoms with Crippen LogP contribution in [0.25, 0.3) is 0 Å². The predicted octanol–water partition coefficient (Wildman–Crippen LogP) is 3.77. The summed E-state index contributed by atoms with van der Waals surface area (Å²) >= 11 is 0. The van der Waals surface area contributed by atoms with E-state index in [1.54, 1.807) is 7.05 Å². The lowest BCUT2D eigenvalue weighted by Gasteiger charge is -2.18. The normalized spacial score (nSPS) is 16.0. The monoisotopic (exact) mass is 438 g/mol. The van der Waals surface area contributed by atoms with Crippen molar-refractivity contribution in [3.63, 3.8) is 0 Å². The van der Waals surface area contributed by atoms with Crippen molar-refractivity contribution >= 4 is 17.6 Å².